The molecule has 1 aromatic carbocycles. The summed E-state index contributed by atoms with van der Waals surface area (Å²) in [6.45, 7) is 4.31. The van der Waals surface area contributed by atoms with Gasteiger partial charge in [-0.15, -0.1) is 11.3 Å². The van der Waals surface area contributed by atoms with Crippen LogP contribution in [0.3, 0.4) is 0 Å². The number of rotatable bonds is 3. The van der Waals surface area contributed by atoms with E-state index in [2.05, 4.69) is 43.4 Å². The van der Waals surface area contributed by atoms with Crippen LogP contribution in [0.25, 0.3) is 0 Å². The van der Waals surface area contributed by atoms with Gasteiger partial charge in [0.15, 0.2) is 0 Å². The summed E-state index contributed by atoms with van der Waals surface area (Å²) in [6, 6.07) is 10.7. The molecule has 3 heteroatoms. The first-order valence-corrected chi connectivity index (χ1v) is 6.81. The lowest BCUT2D eigenvalue weighted by molar-refractivity contribution is 0.695. The fraction of sp³-hybridized carbons (Fsp3) is 0.286. The molecular weight excluding hydrogens is 250 g/mol. The molecule has 1 unspecified atom stereocenters. The Bertz CT molecular complexity index is 498. The Morgan fingerprint density at radius 2 is 1.76 bits per heavy atom. The van der Waals surface area contributed by atoms with E-state index in [9.17, 15) is 0 Å². The lowest BCUT2D eigenvalue weighted by atomic mass is 9.95. The van der Waals surface area contributed by atoms with E-state index in [1.165, 1.54) is 21.6 Å². The molecule has 0 amide bonds. The van der Waals surface area contributed by atoms with Gasteiger partial charge in [0.25, 0.3) is 0 Å². The molecule has 1 atom stereocenters. The topological polar surface area (TPSA) is 12.0 Å². The zero-order valence-electron chi connectivity index (χ0n) is 10.3. The molecule has 2 aromatic rings. The summed E-state index contributed by atoms with van der Waals surface area (Å²) in [5, 5.41) is 3.38. The first-order valence-electron chi connectivity index (χ1n) is 5.62. The van der Waals surface area contributed by atoms with Crippen LogP contribution in [0.4, 0.5) is 0 Å². The number of benzene rings is 1. The minimum Gasteiger partial charge on any atom is -0.309 e. The van der Waals surface area contributed by atoms with E-state index in [4.69, 9.17) is 11.6 Å². The summed E-state index contributed by atoms with van der Waals surface area (Å²) < 4.78 is 0.839. The lowest BCUT2D eigenvalue weighted by Crippen LogP contribution is -2.18. The van der Waals surface area contributed by atoms with Crippen LogP contribution >= 0.6 is 22.9 Å². The molecule has 1 aromatic heterocycles. The molecule has 0 bridgehead atoms. The molecule has 0 saturated heterocycles. The van der Waals surface area contributed by atoms with Crippen LogP contribution in [-0.4, -0.2) is 7.05 Å². The first-order chi connectivity index (χ1) is 8.13. The third-order valence-electron chi connectivity index (χ3n) is 3.00. The van der Waals surface area contributed by atoms with E-state index in [1.54, 1.807) is 11.3 Å². The van der Waals surface area contributed by atoms with Crippen LogP contribution in [0, 0.1) is 13.8 Å². The smallest absolute Gasteiger partial charge is 0.0931 e. The minimum absolute atomic E-state index is 0.230. The summed E-state index contributed by atoms with van der Waals surface area (Å²) in [5.74, 6) is 0. The van der Waals surface area contributed by atoms with Gasteiger partial charge in [-0.3, -0.25) is 0 Å². The largest absolute Gasteiger partial charge is 0.309 e. The Hall–Kier alpha value is -0.830. The van der Waals surface area contributed by atoms with Gasteiger partial charge in [0.2, 0.25) is 0 Å². The van der Waals surface area contributed by atoms with Crippen LogP contribution in [0.1, 0.15) is 27.6 Å². The first kappa shape index (κ1) is 12.6. The van der Waals surface area contributed by atoms with Crippen molar-refractivity contribution in [2.75, 3.05) is 7.05 Å². The molecule has 17 heavy (non-hydrogen) atoms. The van der Waals surface area contributed by atoms with Gasteiger partial charge in [-0.1, -0.05) is 29.8 Å². The average molecular weight is 266 g/mol. The third kappa shape index (κ3) is 2.54. The maximum atomic E-state index is 6.02. The standard InChI is InChI=1S/C14H16ClNS/c1-9-5-4-6-10(2)13(9)14(16-3)11-7-8-12(15)17-11/h4-8,14,16H,1-3H3. The van der Waals surface area contributed by atoms with Gasteiger partial charge in [0, 0.05) is 4.88 Å². The highest BCUT2D eigenvalue weighted by Crippen LogP contribution is 2.33. The van der Waals surface area contributed by atoms with Crippen LogP contribution in [0.5, 0.6) is 0 Å². The van der Waals surface area contributed by atoms with Crippen molar-refractivity contribution in [2.24, 2.45) is 0 Å². The highest BCUT2D eigenvalue weighted by atomic mass is 35.5. The minimum atomic E-state index is 0.230. The quantitative estimate of drug-likeness (QED) is 0.871. The number of aryl methyl sites for hydroxylation is 2. The Morgan fingerprint density at radius 3 is 2.24 bits per heavy atom. The second kappa shape index (κ2) is 5.21. The monoisotopic (exact) mass is 265 g/mol. The molecule has 2 rings (SSSR count). The molecule has 1 heterocycles. The number of hydrogen-bond donors (Lipinski definition) is 1. The molecule has 0 spiro atoms. The van der Waals surface area contributed by atoms with Crippen molar-refractivity contribution >= 4 is 22.9 Å². The molecule has 0 aliphatic heterocycles. The van der Waals surface area contributed by atoms with E-state index >= 15 is 0 Å². The molecule has 90 valence electrons. The second-order valence-electron chi connectivity index (χ2n) is 4.17. The fourth-order valence-electron chi connectivity index (χ4n) is 2.19. The number of nitrogens with one attached hydrogen (secondary N) is 1. The summed E-state index contributed by atoms with van der Waals surface area (Å²) in [5.41, 5.74) is 3.98. The third-order valence-corrected chi connectivity index (χ3v) is 4.29. The normalized spacial score (nSPS) is 12.7. The van der Waals surface area contributed by atoms with Crippen molar-refractivity contribution < 1.29 is 0 Å². The fourth-order valence-corrected chi connectivity index (χ4v) is 3.38. The lowest BCUT2D eigenvalue weighted by Gasteiger charge is -2.20. The zero-order chi connectivity index (χ0) is 12.4. The Labute approximate surface area is 111 Å². The van der Waals surface area contributed by atoms with E-state index in [0.29, 0.717) is 0 Å². The summed E-state index contributed by atoms with van der Waals surface area (Å²) >= 11 is 7.65. The highest BCUT2D eigenvalue weighted by molar-refractivity contribution is 7.16. The van der Waals surface area contributed by atoms with Crippen LogP contribution < -0.4 is 5.32 Å². The maximum absolute atomic E-state index is 6.02. The van der Waals surface area contributed by atoms with Crippen LogP contribution in [0.15, 0.2) is 30.3 Å². The van der Waals surface area contributed by atoms with Gasteiger partial charge >= 0.3 is 0 Å². The molecule has 1 N–H and O–H groups in total. The van der Waals surface area contributed by atoms with Crippen molar-refractivity contribution in [3.8, 4) is 0 Å². The van der Waals surface area contributed by atoms with E-state index in [1.807, 2.05) is 13.1 Å². The molecule has 0 radical (unpaired) electrons. The summed E-state index contributed by atoms with van der Waals surface area (Å²) in [7, 11) is 1.99. The average Bonchev–Trinajstić information content (AvgIpc) is 2.70. The van der Waals surface area contributed by atoms with E-state index in [0.717, 1.165) is 4.34 Å². The van der Waals surface area contributed by atoms with Gasteiger partial charge < -0.3 is 5.32 Å². The molecule has 0 aliphatic rings. The van der Waals surface area contributed by atoms with Crippen LogP contribution in [0.2, 0.25) is 4.34 Å². The van der Waals surface area contributed by atoms with E-state index < -0.39 is 0 Å². The highest BCUT2D eigenvalue weighted by Gasteiger charge is 2.17. The Kier molecular flexibility index (Phi) is 3.87. The molecular formula is C14H16ClNS. The van der Waals surface area contributed by atoms with Gasteiger partial charge in [0.05, 0.1) is 10.4 Å². The number of hydrogen-bond acceptors (Lipinski definition) is 2. The molecule has 1 nitrogen and oxygen atoms in total. The zero-order valence-corrected chi connectivity index (χ0v) is 11.8. The molecule has 0 fully saturated rings. The number of thiophene rings is 1. The SMILES string of the molecule is CNC(c1ccc(Cl)s1)c1c(C)cccc1C. The van der Waals surface area contributed by atoms with Gasteiger partial charge in [-0.25, -0.2) is 0 Å². The number of halogens is 1. The predicted molar refractivity (Wildman–Crippen MR) is 76.1 cm³/mol. The summed E-state index contributed by atoms with van der Waals surface area (Å²) in [4.78, 5) is 1.26. The van der Waals surface area contributed by atoms with Gasteiger partial charge in [-0.2, -0.15) is 0 Å². The molecule has 0 aliphatic carbocycles. The van der Waals surface area contributed by atoms with E-state index in [-0.39, 0.29) is 6.04 Å². The second-order valence-corrected chi connectivity index (χ2v) is 5.92. The maximum Gasteiger partial charge on any atom is 0.0931 e. The van der Waals surface area contributed by atoms with Crippen molar-refractivity contribution in [3.63, 3.8) is 0 Å². The van der Waals surface area contributed by atoms with Crippen molar-refractivity contribution in [1.29, 1.82) is 0 Å². The Morgan fingerprint density at radius 1 is 1.12 bits per heavy atom. The van der Waals surface area contributed by atoms with Crippen molar-refractivity contribution in [3.05, 3.63) is 56.2 Å². The Balaban J connectivity index is 2.49. The van der Waals surface area contributed by atoms with Gasteiger partial charge in [0.1, 0.15) is 0 Å². The molecule has 0 saturated carbocycles. The van der Waals surface area contributed by atoms with Crippen LogP contribution in [-0.2, 0) is 0 Å². The van der Waals surface area contributed by atoms with Crippen molar-refractivity contribution in [2.45, 2.75) is 19.9 Å². The predicted octanol–water partition coefficient (Wildman–Crippen LogP) is 4.33. The summed E-state index contributed by atoms with van der Waals surface area (Å²) in [6.07, 6.45) is 0. The van der Waals surface area contributed by atoms with Crippen molar-refractivity contribution in [1.82, 2.24) is 5.32 Å². The van der Waals surface area contributed by atoms with Gasteiger partial charge in [-0.05, 0) is 49.7 Å².